The zero-order valence-corrected chi connectivity index (χ0v) is 12.4. The van der Waals surface area contributed by atoms with Gasteiger partial charge in [-0.05, 0) is 42.5 Å². The van der Waals surface area contributed by atoms with Crippen LogP contribution in [0, 0.1) is 0 Å². The summed E-state index contributed by atoms with van der Waals surface area (Å²) >= 11 is 6.37. The van der Waals surface area contributed by atoms with Gasteiger partial charge < -0.3 is 9.51 Å². The van der Waals surface area contributed by atoms with E-state index in [-0.39, 0.29) is 0 Å². The number of nitrogens with one attached hydrogen (secondary N) is 1. The summed E-state index contributed by atoms with van der Waals surface area (Å²) in [7, 11) is 0. The lowest BCUT2D eigenvalue weighted by Gasteiger charge is -2.03. The Bertz CT molecular complexity index is 713. The van der Waals surface area contributed by atoms with E-state index >= 15 is 0 Å². The molecule has 0 fully saturated rings. The van der Waals surface area contributed by atoms with Crippen molar-refractivity contribution in [1.29, 1.82) is 0 Å². The normalized spacial score (nSPS) is 11.6. The molecule has 1 aromatic carbocycles. The van der Waals surface area contributed by atoms with Gasteiger partial charge in [-0.3, -0.25) is 0 Å². The van der Waals surface area contributed by atoms with Gasteiger partial charge in [0, 0.05) is 27.7 Å². The van der Waals surface area contributed by atoms with Crippen LogP contribution in [-0.4, -0.2) is 10.1 Å². The molecular weight excluding hydrogens is 272 g/mol. The topological polar surface area (TPSA) is 41.8 Å². The lowest BCUT2D eigenvalue weighted by Crippen LogP contribution is -1.92. The molecule has 0 aliphatic rings. The molecule has 0 spiro atoms. The van der Waals surface area contributed by atoms with Crippen LogP contribution in [0.3, 0.4) is 0 Å². The van der Waals surface area contributed by atoms with Gasteiger partial charge >= 0.3 is 0 Å². The number of rotatable bonds is 4. The molecule has 0 aliphatic carbocycles. The number of fused-ring (bicyclic) bond motifs is 1. The second-order valence-corrected chi connectivity index (χ2v) is 5.81. The van der Waals surface area contributed by atoms with Crippen molar-refractivity contribution in [3.63, 3.8) is 0 Å². The van der Waals surface area contributed by atoms with Crippen LogP contribution in [-0.2, 0) is 12.8 Å². The zero-order chi connectivity index (χ0) is 14.1. The smallest absolute Gasteiger partial charge is 0.124 e. The average molecular weight is 289 g/mol. The number of aromatic nitrogens is 2. The predicted molar refractivity (Wildman–Crippen MR) is 81.3 cm³/mol. The van der Waals surface area contributed by atoms with E-state index in [1.54, 1.807) is 6.26 Å². The van der Waals surface area contributed by atoms with E-state index < -0.39 is 0 Å². The molecule has 2 aromatic heterocycles. The standard InChI is InChI=1S/C16H17ClN2O/c1-10(2)15-9-12-7-14(17)11(8-16(12)18-15)3-4-13-5-6-20-19-13/h5-10,18H,3-4H2,1-2H3. The van der Waals surface area contributed by atoms with Gasteiger partial charge in [-0.1, -0.05) is 30.6 Å². The molecule has 0 aliphatic heterocycles. The quantitative estimate of drug-likeness (QED) is 0.755. The summed E-state index contributed by atoms with van der Waals surface area (Å²) in [4.78, 5) is 3.46. The number of benzene rings is 1. The van der Waals surface area contributed by atoms with Gasteiger partial charge in [0.1, 0.15) is 6.26 Å². The Morgan fingerprint density at radius 2 is 2.10 bits per heavy atom. The van der Waals surface area contributed by atoms with Crippen molar-refractivity contribution in [3.05, 3.63) is 52.5 Å². The van der Waals surface area contributed by atoms with Gasteiger partial charge in [-0.25, -0.2) is 0 Å². The highest BCUT2D eigenvalue weighted by Crippen LogP contribution is 2.27. The maximum absolute atomic E-state index is 6.37. The van der Waals surface area contributed by atoms with Crippen molar-refractivity contribution >= 4 is 22.5 Å². The van der Waals surface area contributed by atoms with Crippen molar-refractivity contribution in [1.82, 2.24) is 10.1 Å². The first-order valence-electron chi connectivity index (χ1n) is 6.84. The fourth-order valence-electron chi connectivity index (χ4n) is 2.35. The maximum atomic E-state index is 6.37. The van der Waals surface area contributed by atoms with Crippen LogP contribution in [0.4, 0.5) is 0 Å². The van der Waals surface area contributed by atoms with Crippen molar-refractivity contribution in [2.45, 2.75) is 32.6 Å². The summed E-state index contributed by atoms with van der Waals surface area (Å²) in [5.74, 6) is 0.486. The molecule has 20 heavy (non-hydrogen) atoms. The van der Waals surface area contributed by atoms with Gasteiger partial charge in [-0.2, -0.15) is 0 Å². The van der Waals surface area contributed by atoms with E-state index in [0.29, 0.717) is 5.92 Å². The summed E-state index contributed by atoms with van der Waals surface area (Å²) < 4.78 is 4.84. The largest absolute Gasteiger partial charge is 0.365 e. The van der Waals surface area contributed by atoms with E-state index in [0.717, 1.165) is 34.6 Å². The third kappa shape index (κ3) is 2.59. The molecule has 3 rings (SSSR count). The van der Waals surface area contributed by atoms with Crippen molar-refractivity contribution in [2.24, 2.45) is 0 Å². The highest BCUT2D eigenvalue weighted by Gasteiger charge is 2.09. The minimum Gasteiger partial charge on any atom is -0.365 e. The van der Waals surface area contributed by atoms with Gasteiger partial charge in [0.05, 0.1) is 5.69 Å². The number of aromatic amines is 1. The Balaban J connectivity index is 1.88. The van der Waals surface area contributed by atoms with Crippen LogP contribution < -0.4 is 0 Å². The highest BCUT2D eigenvalue weighted by atomic mass is 35.5. The Hall–Kier alpha value is -1.74. The van der Waals surface area contributed by atoms with Gasteiger partial charge in [0.25, 0.3) is 0 Å². The second-order valence-electron chi connectivity index (χ2n) is 5.40. The molecule has 4 heteroatoms. The Morgan fingerprint density at radius 3 is 2.80 bits per heavy atom. The van der Waals surface area contributed by atoms with Crippen LogP contribution >= 0.6 is 11.6 Å². The minimum absolute atomic E-state index is 0.486. The number of hydrogen-bond donors (Lipinski definition) is 1. The lowest BCUT2D eigenvalue weighted by molar-refractivity contribution is 0.411. The first-order chi connectivity index (χ1) is 9.63. The number of nitrogens with zero attached hydrogens (tertiary/aromatic N) is 1. The Kier molecular flexibility index (Phi) is 3.53. The fourth-order valence-corrected chi connectivity index (χ4v) is 2.62. The number of aryl methyl sites for hydroxylation is 2. The molecular formula is C16H17ClN2O. The average Bonchev–Trinajstić information content (AvgIpc) is 3.04. The molecule has 0 bridgehead atoms. The van der Waals surface area contributed by atoms with Crippen LogP contribution in [0.1, 0.15) is 36.7 Å². The summed E-state index contributed by atoms with van der Waals surface area (Å²) in [6.45, 7) is 4.36. The summed E-state index contributed by atoms with van der Waals surface area (Å²) in [5, 5.41) is 5.91. The SMILES string of the molecule is CC(C)c1cc2cc(Cl)c(CCc3ccon3)cc2[nH]1. The number of halogens is 1. The molecule has 0 saturated heterocycles. The molecule has 0 unspecified atom stereocenters. The molecule has 3 aromatic rings. The van der Waals surface area contributed by atoms with Crippen LogP contribution in [0.5, 0.6) is 0 Å². The molecule has 0 radical (unpaired) electrons. The van der Waals surface area contributed by atoms with Crippen molar-refractivity contribution in [3.8, 4) is 0 Å². The van der Waals surface area contributed by atoms with Crippen molar-refractivity contribution < 1.29 is 4.52 Å². The van der Waals surface area contributed by atoms with E-state index in [1.807, 2.05) is 12.1 Å². The molecule has 0 saturated carbocycles. The van der Waals surface area contributed by atoms with Crippen LogP contribution in [0.15, 0.2) is 35.1 Å². The summed E-state index contributed by atoms with van der Waals surface area (Å²) in [5.41, 5.74) is 4.48. The molecule has 0 amide bonds. The first kappa shape index (κ1) is 13.3. The first-order valence-corrected chi connectivity index (χ1v) is 7.21. The molecule has 2 heterocycles. The monoisotopic (exact) mass is 288 g/mol. The Morgan fingerprint density at radius 1 is 1.25 bits per heavy atom. The second kappa shape index (κ2) is 5.33. The molecule has 3 nitrogen and oxygen atoms in total. The van der Waals surface area contributed by atoms with E-state index in [2.05, 4.69) is 36.1 Å². The van der Waals surface area contributed by atoms with Crippen LogP contribution in [0.25, 0.3) is 10.9 Å². The summed E-state index contributed by atoms with van der Waals surface area (Å²) in [6, 6.07) is 8.24. The van der Waals surface area contributed by atoms with Crippen molar-refractivity contribution in [2.75, 3.05) is 0 Å². The van der Waals surface area contributed by atoms with E-state index in [9.17, 15) is 0 Å². The maximum Gasteiger partial charge on any atom is 0.124 e. The number of H-pyrrole nitrogens is 1. The van der Waals surface area contributed by atoms with E-state index in [4.69, 9.17) is 16.1 Å². The lowest BCUT2D eigenvalue weighted by atomic mass is 10.1. The highest BCUT2D eigenvalue weighted by molar-refractivity contribution is 6.32. The van der Waals surface area contributed by atoms with Gasteiger partial charge in [0.2, 0.25) is 0 Å². The Labute approximate surface area is 122 Å². The zero-order valence-electron chi connectivity index (χ0n) is 11.6. The van der Waals surface area contributed by atoms with Gasteiger partial charge in [-0.15, -0.1) is 0 Å². The third-order valence-corrected chi connectivity index (χ3v) is 3.92. The third-order valence-electron chi connectivity index (χ3n) is 3.57. The molecule has 1 N–H and O–H groups in total. The fraction of sp³-hybridized carbons (Fsp3) is 0.312. The predicted octanol–water partition coefficient (Wildman–Crippen LogP) is 4.72. The minimum atomic E-state index is 0.486. The van der Waals surface area contributed by atoms with Gasteiger partial charge in [0.15, 0.2) is 0 Å². The number of hydrogen-bond acceptors (Lipinski definition) is 2. The molecule has 104 valence electrons. The van der Waals surface area contributed by atoms with E-state index in [1.165, 1.54) is 11.1 Å². The molecule has 0 atom stereocenters. The van der Waals surface area contributed by atoms with Crippen LogP contribution in [0.2, 0.25) is 5.02 Å². The summed E-state index contributed by atoms with van der Waals surface area (Å²) in [6.07, 6.45) is 3.29.